The molecule has 0 radical (unpaired) electrons. The number of carbonyl (C=O) groups is 2. The summed E-state index contributed by atoms with van der Waals surface area (Å²) in [6, 6.07) is 8.30. The number of halogens is 4. The smallest absolute Gasteiger partial charge is 0.407 e. The Morgan fingerprint density at radius 1 is 1.04 bits per heavy atom. The van der Waals surface area contributed by atoms with Gasteiger partial charge >= 0.3 is 15.4 Å². The second kappa shape index (κ2) is 15.3. The summed E-state index contributed by atoms with van der Waals surface area (Å²) in [5.74, 6) is -0.879. The lowest BCUT2D eigenvalue weighted by Crippen LogP contribution is -2.15. The SMILES string of the molecule is CCC(O)CC(O)CC.O=C(Cl)OC(Cl)(Cl)Cl.O=C(O)c1ccccc1. The van der Waals surface area contributed by atoms with Crippen LogP contribution in [0.2, 0.25) is 0 Å². The second-order valence-electron chi connectivity index (χ2n) is 4.82. The highest BCUT2D eigenvalue weighted by Crippen LogP contribution is 2.27. The van der Waals surface area contributed by atoms with Crippen molar-refractivity contribution >= 4 is 57.8 Å². The third-order valence-corrected chi connectivity index (χ3v) is 3.01. The van der Waals surface area contributed by atoms with Crippen molar-refractivity contribution in [2.75, 3.05) is 0 Å². The summed E-state index contributed by atoms with van der Waals surface area (Å²) in [5.41, 5.74) is -0.817. The van der Waals surface area contributed by atoms with E-state index in [0.29, 0.717) is 12.0 Å². The molecule has 0 aliphatic carbocycles. The van der Waals surface area contributed by atoms with E-state index in [9.17, 15) is 9.59 Å². The lowest BCUT2D eigenvalue weighted by Gasteiger charge is -2.11. The van der Waals surface area contributed by atoms with Crippen LogP contribution in [0.4, 0.5) is 4.79 Å². The number of carbonyl (C=O) groups excluding carboxylic acids is 1. The monoisotopic (exact) mass is 450 g/mol. The van der Waals surface area contributed by atoms with Gasteiger partial charge in [0.2, 0.25) is 0 Å². The molecule has 10 heteroatoms. The van der Waals surface area contributed by atoms with E-state index in [0.717, 1.165) is 12.8 Å². The number of ether oxygens (including phenoxy) is 1. The van der Waals surface area contributed by atoms with Crippen LogP contribution in [0.15, 0.2) is 30.3 Å². The number of hydrogen-bond donors (Lipinski definition) is 3. The molecule has 0 spiro atoms. The van der Waals surface area contributed by atoms with Gasteiger partial charge in [-0.1, -0.05) is 32.0 Å². The first kappa shape index (κ1) is 27.5. The number of aliphatic hydroxyl groups excluding tert-OH is 2. The van der Waals surface area contributed by atoms with Crippen LogP contribution >= 0.6 is 46.4 Å². The molecule has 0 bridgehead atoms. The Hall–Kier alpha value is -0.760. The van der Waals surface area contributed by atoms with Gasteiger partial charge in [-0.25, -0.2) is 9.59 Å². The molecule has 0 heterocycles. The first-order chi connectivity index (χ1) is 11.9. The van der Waals surface area contributed by atoms with Gasteiger partial charge in [0, 0.05) is 11.6 Å². The zero-order chi connectivity index (χ0) is 20.8. The molecule has 2 unspecified atom stereocenters. The van der Waals surface area contributed by atoms with E-state index in [1.54, 1.807) is 30.3 Å². The number of carboxylic acids is 1. The number of hydrogen-bond acceptors (Lipinski definition) is 5. The minimum atomic E-state index is -2.04. The van der Waals surface area contributed by atoms with Crippen LogP contribution in [0.5, 0.6) is 0 Å². The Labute approximate surface area is 172 Å². The molecule has 3 N–H and O–H groups in total. The highest BCUT2D eigenvalue weighted by atomic mass is 35.6. The molecule has 150 valence electrons. The molecule has 0 aliphatic heterocycles. The molecule has 1 aromatic carbocycles. The maximum atomic E-state index is 10.2. The minimum absolute atomic E-state index is 0.319. The maximum absolute atomic E-state index is 10.2. The largest absolute Gasteiger partial charge is 0.478 e. The summed E-state index contributed by atoms with van der Waals surface area (Å²) in [6.07, 6.45) is 1.35. The van der Waals surface area contributed by atoms with Crippen LogP contribution < -0.4 is 0 Å². The summed E-state index contributed by atoms with van der Waals surface area (Å²) >= 11 is 19.4. The molecular weight excluding hydrogens is 430 g/mol. The van der Waals surface area contributed by atoms with Crippen LogP contribution in [0, 0.1) is 0 Å². The average Bonchev–Trinajstić information content (AvgIpc) is 2.54. The molecule has 1 aromatic rings. The van der Waals surface area contributed by atoms with E-state index in [1.807, 2.05) is 13.8 Å². The van der Waals surface area contributed by atoms with Crippen molar-refractivity contribution in [1.29, 1.82) is 0 Å². The number of aliphatic hydroxyl groups is 2. The quantitative estimate of drug-likeness (QED) is 0.430. The number of alkyl halides is 3. The molecule has 0 amide bonds. The minimum Gasteiger partial charge on any atom is -0.478 e. The van der Waals surface area contributed by atoms with Crippen LogP contribution in [0.1, 0.15) is 43.5 Å². The van der Waals surface area contributed by atoms with Gasteiger partial charge in [-0.15, -0.1) is 0 Å². The summed E-state index contributed by atoms with van der Waals surface area (Å²) < 4.78 is 1.82. The normalized spacial score (nSPS) is 12.5. The fraction of sp³-hybridized carbons (Fsp3) is 0.500. The van der Waals surface area contributed by atoms with Crippen LogP contribution in [-0.2, 0) is 4.74 Å². The third-order valence-electron chi connectivity index (χ3n) is 2.70. The van der Waals surface area contributed by atoms with Gasteiger partial charge in [-0.3, -0.25) is 0 Å². The van der Waals surface area contributed by atoms with E-state index >= 15 is 0 Å². The van der Waals surface area contributed by atoms with E-state index in [1.165, 1.54) is 0 Å². The van der Waals surface area contributed by atoms with Crippen molar-refractivity contribution in [3.63, 3.8) is 0 Å². The molecule has 0 aliphatic rings. The lowest BCUT2D eigenvalue weighted by atomic mass is 10.1. The molecular formula is C16H22Cl4O6. The summed E-state index contributed by atoms with van der Waals surface area (Å²) in [4.78, 5) is 20.0. The Bertz CT molecular complexity index is 499. The lowest BCUT2D eigenvalue weighted by molar-refractivity contribution is 0.0696. The summed E-state index contributed by atoms with van der Waals surface area (Å²) in [6.45, 7) is 3.82. The highest BCUT2D eigenvalue weighted by molar-refractivity contribution is 6.69. The second-order valence-corrected chi connectivity index (χ2v) is 7.30. The van der Waals surface area contributed by atoms with Crippen molar-refractivity contribution in [1.82, 2.24) is 0 Å². The Kier molecular flexibility index (Phi) is 16.2. The number of aromatic carboxylic acids is 1. The number of rotatable bonds is 5. The number of benzene rings is 1. The fourth-order valence-electron chi connectivity index (χ4n) is 1.32. The predicted molar refractivity (Wildman–Crippen MR) is 103 cm³/mol. The number of carboxylic acid groups (broad SMARTS) is 1. The van der Waals surface area contributed by atoms with E-state index in [-0.39, 0.29) is 12.2 Å². The molecule has 2 atom stereocenters. The van der Waals surface area contributed by atoms with Crippen molar-refractivity contribution in [2.24, 2.45) is 0 Å². The van der Waals surface area contributed by atoms with E-state index in [4.69, 9.17) is 50.1 Å². The third kappa shape index (κ3) is 19.6. The standard InChI is InChI=1S/C7H6O2.C7H16O2.C2Cl4O2/c8-7(9)6-4-2-1-3-5-6;1-3-6(8)5-7(9)4-2;3-1(7)8-2(4,5)6/h1-5H,(H,8,9);6-9H,3-5H2,1-2H3;. The maximum Gasteiger partial charge on any atom is 0.407 e. The van der Waals surface area contributed by atoms with Crippen molar-refractivity contribution in [3.05, 3.63) is 35.9 Å². The van der Waals surface area contributed by atoms with Crippen LogP contribution in [-0.4, -0.2) is 42.9 Å². The average molecular weight is 452 g/mol. The van der Waals surface area contributed by atoms with Gasteiger partial charge in [0.05, 0.1) is 17.8 Å². The zero-order valence-corrected chi connectivity index (χ0v) is 17.3. The fourth-order valence-corrected chi connectivity index (χ4v) is 1.76. The van der Waals surface area contributed by atoms with Gasteiger partial charge in [-0.05, 0) is 66.2 Å². The zero-order valence-electron chi connectivity index (χ0n) is 14.2. The predicted octanol–water partition coefficient (Wildman–Crippen LogP) is 4.99. The van der Waals surface area contributed by atoms with Crippen molar-refractivity contribution < 1.29 is 29.6 Å². The first-order valence-corrected chi connectivity index (χ1v) is 9.03. The molecule has 0 fully saturated rings. The summed E-state index contributed by atoms with van der Waals surface area (Å²) in [5, 5.41) is 26.4. The molecule has 0 saturated heterocycles. The topological polar surface area (TPSA) is 104 Å². The van der Waals surface area contributed by atoms with E-state index < -0.39 is 15.4 Å². The van der Waals surface area contributed by atoms with Gasteiger partial charge in [0.1, 0.15) is 0 Å². The van der Waals surface area contributed by atoms with Gasteiger partial charge in [0.15, 0.2) is 0 Å². The molecule has 0 aromatic heterocycles. The first-order valence-electron chi connectivity index (χ1n) is 7.52. The Morgan fingerprint density at radius 2 is 1.46 bits per heavy atom. The van der Waals surface area contributed by atoms with Gasteiger partial charge in [-0.2, -0.15) is 0 Å². The molecule has 6 nitrogen and oxygen atoms in total. The van der Waals surface area contributed by atoms with Gasteiger partial charge in [0.25, 0.3) is 0 Å². The molecule has 26 heavy (non-hydrogen) atoms. The van der Waals surface area contributed by atoms with Crippen LogP contribution in [0.3, 0.4) is 0 Å². The Morgan fingerprint density at radius 3 is 1.65 bits per heavy atom. The van der Waals surface area contributed by atoms with Crippen LogP contribution in [0.25, 0.3) is 0 Å². The summed E-state index contributed by atoms with van der Waals surface area (Å²) in [7, 11) is 0. The van der Waals surface area contributed by atoms with E-state index in [2.05, 4.69) is 16.3 Å². The molecule has 0 saturated carbocycles. The molecule has 1 rings (SSSR count). The van der Waals surface area contributed by atoms with Crippen molar-refractivity contribution in [3.8, 4) is 0 Å². The van der Waals surface area contributed by atoms with Gasteiger partial charge < -0.3 is 20.1 Å². The highest BCUT2D eigenvalue weighted by Gasteiger charge is 2.23. The Balaban J connectivity index is 0. The van der Waals surface area contributed by atoms with Crippen molar-refractivity contribution in [2.45, 2.75) is 49.3 Å².